The predicted octanol–water partition coefficient (Wildman–Crippen LogP) is 1.92. The lowest BCUT2D eigenvalue weighted by atomic mass is 9.92. The lowest BCUT2D eigenvalue weighted by Gasteiger charge is -2.38. The third-order valence-corrected chi connectivity index (χ3v) is 4.01. The van der Waals surface area contributed by atoms with Gasteiger partial charge in [0.15, 0.2) is 0 Å². The third kappa shape index (κ3) is 3.75. The maximum absolute atomic E-state index is 13.0. The van der Waals surface area contributed by atoms with E-state index in [1.807, 2.05) is 12.1 Å². The highest BCUT2D eigenvalue weighted by Gasteiger charge is 2.25. The minimum atomic E-state index is -0.212. The van der Waals surface area contributed by atoms with Gasteiger partial charge in [0.25, 0.3) is 0 Å². The molecule has 0 spiro atoms. The summed E-state index contributed by atoms with van der Waals surface area (Å²) in [7, 11) is 0. The second-order valence-electron chi connectivity index (χ2n) is 5.32. The van der Waals surface area contributed by atoms with Crippen LogP contribution in [0.1, 0.15) is 30.9 Å². The van der Waals surface area contributed by atoms with Gasteiger partial charge in [0.1, 0.15) is 5.82 Å². The summed E-state index contributed by atoms with van der Waals surface area (Å²) in [6, 6.07) is 6.78. The highest BCUT2D eigenvalue weighted by atomic mass is 19.1. The molecule has 4 heteroatoms. The summed E-state index contributed by atoms with van der Waals surface area (Å²) in [4.78, 5) is 2.37. The maximum atomic E-state index is 13.0. The second kappa shape index (κ2) is 6.98. The van der Waals surface area contributed by atoms with Crippen molar-refractivity contribution in [3.63, 3.8) is 0 Å². The molecule has 19 heavy (non-hydrogen) atoms. The number of hydrogen-bond acceptors (Lipinski definition) is 3. The molecule has 2 rings (SSSR count). The molecule has 0 bridgehead atoms. The first-order valence-corrected chi connectivity index (χ1v) is 7.05. The summed E-state index contributed by atoms with van der Waals surface area (Å²) in [6.45, 7) is 2.79. The van der Waals surface area contributed by atoms with Crippen LogP contribution in [0.15, 0.2) is 24.3 Å². The molecule has 0 radical (unpaired) electrons. The van der Waals surface area contributed by atoms with Crippen molar-refractivity contribution in [2.24, 2.45) is 11.7 Å². The average Bonchev–Trinajstić information content (AvgIpc) is 2.43. The number of hydrogen-bond donors (Lipinski definition) is 2. The van der Waals surface area contributed by atoms with Gasteiger partial charge in [-0.05, 0) is 49.4 Å². The molecule has 3 N–H and O–H groups in total. The van der Waals surface area contributed by atoms with Crippen molar-refractivity contribution in [2.75, 3.05) is 26.2 Å². The number of likely N-dealkylation sites (tertiary alicyclic amines) is 1. The van der Waals surface area contributed by atoms with Gasteiger partial charge in [-0.2, -0.15) is 0 Å². The Labute approximate surface area is 114 Å². The van der Waals surface area contributed by atoms with Crippen LogP contribution < -0.4 is 5.73 Å². The van der Waals surface area contributed by atoms with Gasteiger partial charge in [-0.25, -0.2) is 4.39 Å². The first kappa shape index (κ1) is 14.4. The lowest BCUT2D eigenvalue weighted by molar-refractivity contribution is 0.110. The van der Waals surface area contributed by atoms with Crippen LogP contribution in [0.2, 0.25) is 0 Å². The number of aliphatic hydroxyl groups excluding tert-OH is 1. The van der Waals surface area contributed by atoms with E-state index in [0.29, 0.717) is 12.5 Å². The van der Waals surface area contributed by atoms with Crippen LogP contribution in [0.4, 0.5) is 4.39 Å². The number of piperidine rings is 1. The van der Waals surface area contributed by atoms with Crippen molar-refractivity contribution in [3.8, 4) is 0 Å². The van der Waals surface area contributed by atoms with E-state index in [2.05, 4.69) is 4.90 Å². The largest absolute Gasteiger partial charge is 0.396 e. The average molecular weight is 266 g/mol. The fourth-order valence-electron chi connectivity index (χ4n) is 2.98. The van der Waals surface area contributed by atoms with Crippen molar-refractivity contribution in [3.05, 3.63) is 35.6 Å². The van der Waals surface area contributed by atoms with Gasteiger partial charge in [-0.15, -0.1) is 0 Å². The van der Waals surface area contributed by atoms with Crippen LogP contribution in [0.25, 0.3) is 0 Å². The number of halogens is 1. The van der Waals surface area contributed by atoms with E-state index in [4.69, 9.17) is 10.8 Å². The Kier molecular flexibility index (Phi) is 5.31. The first-order valence-electron chi connectivity index (χ1n) is 7.05. The number of benzene rings is 1. The van der Waals surface area contributed by atoms with Gasteiger partial charge in [-0.1, -0.05) is 12.1 Å². The molecular formula is C15H23FN2O. The van der Waals surface area contributed by atoms with Crippen molar-refractivity contribution in [2.45, 2.75) is 25.3 Å². The summed E-state index contributed by atoms with van der Waals surface area (Å²) in [5.41, 5.74) is 6.99. The Bertz CT molecular complexity index is 380. The Morgan fingerprint density at radius 1 is 1.37 bits per heavy atom. The standard InChI is InChI=1S/C15H23FN2O/c16-14-5-3-13(4-6-14)15(10-17)18-8-1-2-12(11-18)7-9-19/h3-6,12,15,19H,1-2,7-11,17H2. The third-order valence-electron chi connectivity index (χ3n) is 4.01. The van der Waals surface area contributed by atoms with Gasteiger partial charge < -0.3 is 10.8 Å². The molecule has 2 atom stereocenters. The first-order chi connectivity index (χ1) is 9.24. The Balaban J connectivity index is 2.06. The molecule has 1 fully saturated rings. The molecule has 1 aromatic rings. The molecule has 0 aliphatic carbocycles. The monoisotopic (exact) mass is 266 g/mol. The molecular weight excluding hydrogens is 243 g/mol. The zero-order valence-corrected chi connectivity index (χ0v) is 11.3. The van der Waals surface area contributed by atoms with E-state index in [-0.39, 0.29) is 18.5 Å². The minimum absolute atomic E-state index is 0.155. The maximum Gasteiger partial charge on any atom is 0.123 e. The summed E-state index contributed by atoms with van der Waals surface area (Å²) < 4.78 is 13.0. The molecule has 1 aromatic carbocycles. The van der Waals surface area contributed by atoms with Crippen molar-refractivity contribution in [1.29, 1.82) is 0 Å². The molecule has 1 heterocycles. The number of nitrogens with two attached hydrogens (primary N) is 1. The Morgan fingerprint density at radius 3 is 2.74 bits per heavy atom. The Morgan fingerprint density at radius 2 is 2.11 bits per heavy atom. The molecule has 1 aliphatic heterocycles. The number of rotatable bonds is 5. The summed E-state index contributed by atoms with van der Waals surface area (Å²) in [6.07, 6.45) is 3.18. The van der Waals surface area contributed by atoms with Gasteiger partial charge in [-0.3, -0.25) is 4.90 Å². The lowest BCUT2D eigenvalue weighted by Crippen LogP contribution is -2.41. The van der Waals surface area contributed by atoms with Crippen LogP contribution in [0, 0.1) is 11.7 Å². The molecule has 3 nitrogen and oxygen atoms in total. The van der Waals surface area contributed by atoms with E-state index in [9.17, 15) is 4.39 Å². The molecule has 1 saturated heterocycles. The van der Waals surface area contributed by atoms with Crippen LogP contribution in [-0.4, -0.2) is 36.2 Å². The molecule has 0 aromatic heterocycles. The van der Waals surface area contributed by atoms with Crippen LogP contribution in [-0.2, 0) is 0 Å². The van der Waals surface area contributed by atoms with Crippen LogP contribution >= 0.6 is 0 Å². The van der Waals surface area contributed by atoms with Crippen molar-refractivity contribution in [1.82, 2.24) is 4.90 Å². The topological polar surface area (TPSA) is 49.5 Å². The van der Waals surface area contributed by atoms with Gasteiger partial charge >= 0.3 is 0 Å². The normalized spacial score (nSPS) is 22.4. The fourth-order valence-corrected chi connectivity index (χ4v) is 2.98. The van der Waals surface area contributed by atoms with E-state index < -0.39 is 0 Å². The summed E-state index contributed by atoms with van der Waals surface area (Å²) in [5, 5.41) is 9.06. The van der Waals surface area contributed by atoms with Crippen LogP contribution in [0.5, 0.6) is 0 Å². The van der Waals surface area contributed by atoms with Gasteiger partial charge in [0.2, 0.25) is 0 Å². The molecule has 2 unspecified atom stereocenters. The molecule has 0 saturated carbocycles. The van der Waals surface area contributed by atoms with Gasteiger partial charge in [0, 0.05) is 25.7 Å². The van der Waals surface area contributed by atoms with Crippen molar-refractivity contribution < 1.29 is 9.50 Å². The zero-order valence-electron chi connectivity index (χ0n) is 11.3. The van der Waals surface area contributed by atoms with E-state index >= 15 is 0 Å². The zero-order chi connectivity index (χ0) is 13.7. The van der Waals surface area contributed by atoms with Gasteiger partial charge in [0.05, 0.1) is 0 Å². The van der Waals surface area contributed by atoms with Crippen molar-refractivity contribution >= 4 is 0 Å². The second-order valence-corrected chi connectivity index (χ2v) is 5.32. The van der Waals surface area contributed by atoms with Crippen LogP contribution in [0.3, 0.4) is 0 Å². The minimum Gasteiger partial charge on any atom is -0.396 e. The smallest absolute Gasteiger partial charge is 0.123 e. The van der Waals surface area contributed by atoms with E-state index in [1.165, 1.54) is 18.6 Å². The summed E-state index contributed by atoms with van der Waals surface area (Å²) >= 11 is 0. The Hall–Kier alpha value is -0.970. The molecule has 0 amide bonds. The predicted molar refractivity (Wildman–Crippen MR) is 74.2 cm³/mol. The molecule has 106 valence electrons. The summed E-state index contributed by atoms with van der Waals surface area (Å²) in [5.74, 6) is 0.338. The quantitative estimate of drug-likeness (QED) is 0.856. The highest BCUT2D eigenvalue weighted by Crippen LogP contribution is 2.27. The number of nitrogens with zero attached hydrogens (tertiary/aromatic N) is 1. The fraction of sp³-hybridized carbons (Fsp3) is 0.600. The molecule has 1 aliphatic rings. The van der Waals surface area contributed by atoms with E-state index in [0.717, 1.165) is 31.5 Å². The highest BCUT2D eigenvalue weighted by molar-refractivity contribution is 5.20. The number of aliphatic hydroxyl groups is 1. The SMILES string of the molecule is NCC(c1ccc(F)cc1)N1CCCC(CCO)C1. The van der Waals surface area contributed by atoms with E-state index in [1.54, 1.807) is 0 Å².